The Bertz CT molecular complexity index is 969. The molecular formula is C34H50O2. The lowest BCUT2D eigenvalue weighted by Gasteiger charge is -2.31. The first-order valence-electron chi connectivity index (χ1n) is 14.6. The van der Waals surface area contributed by atoms with Crippen molar-refractivity contribution in [1.82, 2.24) is 0 Å². The van der Waals surface area contributed by atoms with Gasteiger partial charge in [0.25, 0.3) is 0 Å². The molecule has 2 N–H and O–H groups in total. The maximum Gasteiger partial charge on any atom is 0.122 e. The van der Waals surface area contributed by atoms with Crippen LogP contribution in [0.15, 0.2) is 24.3 Å². The molecule has 4 rings (SSSR count). The summed E-state index contributed by atoms with van der Waals surface area (Å²) in [5.74, 6) is 1.70. The molecule has 2 aromatic rings. The third-order valence-electron chi connectivity index (χ3n) is 9.09. The Morgan fingerprint density at radius 2 is 0.917 bits per heavy atom. The normalized spacial score (nSPS) is 18.7. The molecule has 0 atom stereocenters. The average Bonchev–Trinajstić information content (AvgIpc) is 2.83. The smallest absolute Gasteiger partial charge is 0.122 e. The predicted octanol–water partition coefficient (Wildman–Crippen LogP) is 9.94. The van der Waals surface area contributed by atoms with Gasteiger partial charge in [0.15, 0.2) is 0 Å². The fraction of sp³-hybridized carbons (Fsp3) is 0.647. The molecule has 0 aromatic heterocycles. The van der Waals surface area contributed by atoms with Crippen LogP contribution < -0.4 is 0 Å². The molecule has 36 heavy (non-hydrogen) atoms. The molecule has 2 heteroatoms. The monoisotopic (exact) mass is 490 g/mol. The summed E-state index contributed by atoms with van der Waals surface area (Å²) in [5, 5.41) is 23.4. The molecule has 0 radical (unpaired) electrons. The number of benzene rings is 2. The quantitative estimate of drug-likeness (QED) is 0.447. The van der Waals surface area contributed by atoms with Crippen molar-refractivity contribution in [1.29, 1.82) is 0 Å². The summed E-state index contributed by atoms with van der Waals surface area (Å²) in [7, 11) is 0. The fourth-order valence-corrected chi connectivity index (χ4v) is 6.50. The summed E-state index contributed by atoms with van der Waals surface area (Å²) in [6.45, 7) is 15.7. The summed E-state index contributed by atoms with van der Waals surface area (Å²) in [5.41, 5.74) is 6.75. The highest BCUT2D eigenvalue weighted by molar-refractivity contribution is 5.56. The summed E-state index contributed by atoms with van der Waals surface area (Å²) >= 11 is 0. The molecule has 0 heterocycles. The van der Waals surface area contributed by atoms with Crippen molar-refractivity contribution in [3.63, 3.8) is 0 Å². The van der Waals surface area contributed by atoms with Crippen LogP contribution in [0.5, 0.6) is 11.5 Å². The lowest BCUT2D eigenvalue weighted by molar-refractivity contribution is 0.404. The van der Waals surface area contributed by atoms with Crippen LogP contribution in [0.4, 0.5) is 0 Å². The zero-order valence-corrected chi connectivity index (χ0v) is 24.0. The fourth-order valence-electron chi connectivity index (χ4n) is 6.50. The molecule has 0 spiro atoms. The third kappa shape index (κ3) is 5.63. The first kappa shape index (κ1) is 27.1. The summed E-state index contributed by atoms with van der Waals surface area (Å²) < 4.78 is 0. The van der Waals surface area contributed by atoms with Crippen molar-refractivity contribution >= 4 is 0 Å². The van der Waals surface area contributed by atoms with Crippen molar-refractivity contribution in [2.45, 2.75) is 141 Å². The molecule has 0 saturated heterocycles. The van der Waals surface area contributed by atoms with E-state index in [4.69, 9.17) is 0 Å². The van der Waals surface area contributed by atoms with Crippen LogP contribution in [0.3, 0.4) is 0 Å². The van der Waals surface area contributed by atoms with E-state index in [1.165, 1.54) is 49.7 Å². The molecule has 2 fully saturated rings. The van der Waals surface area contributed by atoms with Crippen LogP contribution in [-0.4, -0.2) is 10.2 Å². The van der Waals surface area contributed by atoms with E-state index in [2.05, 4.69) is 72.7 Å². The van der Waals surface area contributed by atoms with Crippen LogP contribution in [-0.2, 0) is 10.8 Å². The van der Waals surface area contributed by atoms with Gasteiger partial charge in [-0.15, -0.1) is 0 Å². The number of rotatable bonds is 4. The highest BCUT2D eigenvalue weighted by atomic mass is 16.3. The minimum Gasteiger partial charge on any atom is -0.507 e. The molecule has 0 bridgehead atoms. The van der Waals surface area contributed by atoms with Gasteiger partial charge in [0, 0.05) is 17.0 Å². The third-order valence-corrected chi connectivity index (χ3v) is 9.09. The van der Waals surface area contributed by atoms with Crippen molar-refractivity contribution in [2.24, 2.45) is 0 Å². The minimum absolute atomic E-state index is 0.00581. The Balaban J connectivity index is 1.87. The van der Waals surface area contributed by atoms with E-state index in [1.807, 2.05) is 0 Å². The molecule has 0 aliphatic heterocycles. The Morgan fingerprint density at radius 1 is 0.583 bits per heavy atom. The van der Waals surface area contributed by atoms with Crippen molar-refractivity contribution in [3.8, 4) is 11.5 Å². The molecule has 2 nitrogen and oxygen atoms in total. The molecule has 0 amide bonds. The molecule has 2 aliphatic carbocycles. The lowest BCUT2D eigenvalue weighted by Crippen LogP contribution is -2.16. The van der Waals surface area contributed by atoms with E-state index in [0.29, 0.717) is 23.3 Å². The van der Waals surface area contributed by atoms with Crippen molar-refractivity contribution in [3.05, 3.63) is 57.6 Å². The standard InChI is InChI=1S/C34H50O2/c1-22(27-18-25(33(2,3)4)20-29(31(27)35)23-14-10-8-11-15-23)28-19-26(34(5,6)7)21-30(32(28)36)24-16-12-9-13-17-24/h18-24,35-36H,8-17H2,1-7H3. The average molecular weight is 491 g/mol. The van der Waals surface area contributed by atoms with Crippen LogP contribution in [0.25, 0.3) is 0 Å². The summed E-state index contributed by atoms with van der Waals surface area (Å²) in [4.78, 5) is 0. The molecule has 2 aromatic carbocycles. The van der Waals surface area contributed by atoms with Gasteiger partial charge >= 0.3 is 0 Å². The van der Waals surface area contributed by atoms with Gasteiger partial charge in [0.05, 0.1) is 0 Å². The van der Waals surface area contributed by atoms with Crippen LogP contribution in [0.1, 0.15) is 164 Å². The summed E-state index contributed by atoms with van der Waals surface area (Å²) in [6, 6.07) is 8.99. The van der Waals surface area contributed by atoms with E-state index in [9.17, 15) is 10.2 Å². The van der Waals surface area contributed by atoms with Gasteiger partial charge in [-0.3, -0.25) is 0 Å². The molecule has 2 aliphatic rings. The van der Waals surface area contributed by atoms with Crippen molar-refractivity contribution < 1.29 is 10.2 Å². The predicted molar refractivity (Wildman–Crippen MR) is 153 cm³/mol. The second kappa shape index (κ2) is 10.4. The molecule has 2 saturated carbocycles. The zero-order chi connectivity index (χ0) is 26.3. The van der Waals surface area contributed by atoms with Gasteiger partial charge in [0.1, 0.15) is 11.5 Å². The Kier molecular flexibility index (Phi) is 7.84. The zero-order valence-electron chi connectivity index (χ0n) is 24.0. The van der Waals surface area contributed by atoms with Gasteiger partial charge in [-0.05, 0) is 70.6 Å². The maximum atomic E-state index is 11.7. The summed E-state index contributed by atoms with van der Waals surface area (Å²) in [6.07, 6.45) is 12.2. The van der Waals surface area contributed by atoms with Crippen LogP contribution >= 0.6 is 0 Å². The van der Waals surface area contributed by atoms with E-state index in [1.54, 1.807) is 0 Å². The first-order chi connectivity index (χ1) is 16.9. The second-order valence-corrected chi connectivity index (χ2v) is 13.9. The second-order valence-electron chi connectivity index (χ2n) is 13.9. The molecular weight excluding hydrogens is 440 g/mol. The maximum absolute atomic E-state index is 11.7. The topological polar surface area (TPSA) is 40.5 Å². The van der Waals surface area contributed by atoms with E-state index in [0.717, 1.165) is 47.9 Å². The number of phenolic OH excluding ortho intramolecular Hbond substituents is 2. The van der Waals surface area contributed by atoms with Gasteiger partial charge < -0.3 is 10.2 Å². The van der Waals surface area contributed by atoms with Crippen molar-refractivity contribution in [2.75, 3.05) is 0 Å². The minimum atomic E-state index is -0.0840. The lowest BCUT2D eigenvalue weighted by atomic mass is 9.75. The number of hydrogen-bond acceptors (Lipinski definition) is 2. The van der Waals surface area contributed by atoms with Crippen LogP contribution in [0, 0.1) is 0 Å². The van der Waals surface area contributed by atoms with Gasteiger partial charge in [-0.25, -0.2) is 0 Å². The van der Waals surface area contributed by atoms with Gasteiger partial charge in [-0.1, -0.05) is 111 Å². The largest absolute Gasteiger partial charge is 0.507 e. The molecule has 198 valence electrons. The first-order valence-corrected chi connectivity index (χ1v) is 14.6. The number of hydrogen-bond donors (Lipinski definition) is 2. The SMILES string of the molecule is CC(c1cc(C(C)(C)C)cc(C2CCCCC2)c1O)c1cc(C(C)(C)C)cc(C2CCCCC2)c1O. The van der Waals surface area contributed by atoms with Gasteiger partial charge in [-0.2, -0.15) is 0 Å². The molecule has 0 unspecified atom stereocenters. The van der Waals surface area contributed by atoms with E-state index >= 15 is 0 Å². The van der Waals surface area contributed by atoms with Gasteiger partial charge in [0.2, 0.25) is 0 Å². The van der Waals surface area contributed by atoms with E-state index in [-0.39, 0.29) is 16.7 Å². The van der Waals surface area contributed by atoms with Crippen LogP contribution in [0.2, 0.25) is 0 Å². The number of aromatic hydroxyl groups is 2. The Hall–Kier alpha value is -1.96. The number of phenols is 2. The van der Waals surface area contributed by atoms with E-state index < -0.39 is 0 Å². The Morgan fingerprint density at radius 3 is 1.22 bits per heavy atom. The highest BCUT2D eigenvalue weighted by Gasteiger charge is 2.30. The highest BCUT2D eigenvalue weighted by Crippen LogP contribution is 2.48. The Labute approximate surface area is 220 Å².